The molecule has 4 heterocycles. The van der Waals surface area contributed by atoms with Crippen LogP contribution in [0.1, 0.15) is 39.4 Å². The third-order valence-corrected chi connectivity index (χ3v) is 5.55. The molecular weight excluding hydrogens is 523 g/mol. The maximum atomic E-state index is 12.9. The molecule has 4 rings (SSSR count). The molecule has 1 atom stereocenters. The first-order chi connectivity index (χ1) is 17.4. The van der Waals surface area contributed by atoms with Crippen LogP contribution in [-0.2, 0) is 4.74 Å². The molecule has 0 fully saturated rings. The highest BCUT2D eigenvalue weighted by Gasteiger charge is 2.28. The van der Waals surface area contributed by atoms with Crippen molar-refractivity contribution in [1.82, 2.24) is 39.5 Å². The van der Waals surface area contributed by atoms with E-state index < -0.39 is 23.8 Å². The van der Waals surface area contributed by atoms with Crippen LogP contribution in [0.15, 0.2) is 36.9 Å². The van der Waals surface area contributed by atoms with Gasteiger partial charge < -0.3 is 20.3 Å². The fourth-order valence-electron chi connectivity index (χ4n) is 3.35. The topological polar surface area (TPSA) is 144 Å². The van der Waals surface area contributed by atoms with Gasteiger partial charge in [0.2, 0.25) is 0 Å². The molecule has 0 aliphatic rings. The number of aromatic nitrogens is 7. The zero-order valence-electron chi connectivity index (χ0n) is 20.6. The largest absolute Gasteiger partial charge is 0.444 e. The quantitative estimate of drug-likeness (QED) is 0.369. The molecule has 4 aromatic rings. The number of hydrogen-bond acceptors (Lipinski definition) is 8. The molecule has 0 aromatic carbocycles. The minimum atomic E-state index is -0.688. The minimum absolute atomic E-state index is 0.204. The van der Waals surface area contributed by atoms with E-state index in [0.717, 1.165) is 0 Å². The van der Waals surface area contributed by atoms with Crippen molar-refractivity contribution in [3.63, 3.8) is 0 Å². The van der Waals surface area contributed by atoms with E-state index in [0.29, 0.717) is 28.5 Å². The van der Waals surface area contributed by atoms with E-state index in [1.807, 2.05) is 0 Å². The van der Waals surface area contributed by atoms with Gasteiger partial charge in [0.15, 0.2) is 16.6 Å². The van der Waals surface area contributed by atoms with E-state index in [2.05, 4.69) is 35.9 Å². The normalized spacial score (nSPS) is 12.3. The van der Waals surface area contributed by atoms with Gasteiger partial charge in [0.1, 0.15) is 5.60 Å². The van der Waals surface area contributed by atoms with E-state index >= 15 is 0 Å². The van der Waals surface area contributed by atoms with Crippen molar-refractivity contribution in [2.24, 2.45) is 0 Å². The lowest BCUT2D eigenvalue weighted by molar-refractivity contribution is 0.0230. The van der Waals surface area contributed by atoms with Gasteiger partial charge in [0.05, 0.1) is 52.9 Å². The van der Waals surface area contributed by atoms with Crippen LogP contribution in [0.25, 0.3) is 11.5 Å². The number of nitrogens with one attached hydrogen (secondary N) is 2. The molecular formula is C22H24Cl2N10O3. The Morgan fingerprint density at radius 2 is 1.78 bits per heavy atom. The summed E-state index contributed by atoms with van der Waals surface area (Å²) in [4.78, 5) is 36.8. The predicted octanol–water partition coefficient (Wildman–Crippen LogP) is 4.58. The number of fused-ring (bicyclic) bond motifs is 1. The molecule has 0 aliphatic heterocycles. The fourth-order valence-corrected chi connectivity index (χ4v) is 3.77. The lowest BCUT2D eigenvalue weighted by Gasteiger charge is -2.29. The number of hydrogen-bond donors (Lipinski definition) is 2. The summed E-state index contributed by atoms with van der Waals surface area (Å²) in [6.45, 7) is 7.09. The van der Waals surface area contributed by atoms with Crippen LogP contribution in [-0.4, -0.2) is 64.2 Å². The Balaban J connectivity index is 1.60. The summed E-state index contributed by atoms with van der Waals surface area (Å²) < 4.78 is 6.96. The molecule has 4 aromatic heterocycles. The minimum Gasteiger partial charge on any atom is -0.444 e. The van der Waals surface area contributed by atoms with Crippen molar-refractivity contribution in [1.29, 1.82) is 0 Å². The Hall–Kier alpha value is -3.97. The maximum Gasteiger partial charge on any atom is 0.410 e. The fraction of sp³-hybridized carbons (Fsp3) is 0.318. The molecule has 13 nitrogen and oxygen atoms in total. The number of urea groups is 1. The molecule has 194 valence electrons. The second-order valence-electron chi connectivity index (χ2n) is 8.99. The summed E-state index contributed by atoms with van der Waals surface area (Å²) >= 11 is 12.4. The van der Waals surface area contributed by atoms with Crippen molar-refractivity contribution < 1.29 is 14.3 Å². The molecule has 2 N–H and O–H groups in total. The summed E-state index contributed by atoms with van der Waals surface area (Å²) in [6, 6.07) is 1.89. The first-order valence-electron chi connectivity index (χ1n) is 11.0. The van der Waals surface area contributed by atoms with Crippen LogP contribution in [0.2, 0.25) is 10.2 Å². The molecule has 37 heavy (non-hydrogen) atoms. The van der Waals surface area contributed by atoms with Crippen molar-refractivity contribution >= 4 is 52.3 Å². The van der Waals surface area contributed by atoms with Crippen LogP contribution in [0.3, 0.4) is 0 Å². The number of carbonyl (C=O) groups excluding carboxylic acids is 2. The van der Waals surface area contributed by atoms with Crippen molar-refractivity contribution in [2.45, 2.75) is 39.3 Å². The standard InChI is InChI=1S/C22H24Cl2N10O3/c1-12(32(5)21(36)37-22(2,3)4)18-15(11-25-17-9-16(24)31-33(17)18)30-20(35)29-13-8-14(23)19(26-10-13)34-27-6-7-28-34/h6-12H,1-5H3,(H2,29,30,35). The Bertz CT molecular complexity index is 1450. The Labute approximate surface area is 221 Å². The maximum absolute atomic E-state index is 12.9. The number of carbonyl (C=O) groups is 2. The SMILES string of the molecule is CC(c1c(NC(=O)Nc2cnc(-n3nccn3)c(Cl)c2)cnc2cc(Cl)nn12)N(C)C(=O)OC(C)(C)C. The average molecular weight is 547 g/mol. The molecule has 0 radical (unpaired) electrons. The van der Waals surface area contributed by atoms with Gasteiger partial charge in [-0.1, -0.05) is 23.2 Å². The highest BCUT2D eigenvalue weighted by atomic mass is 35.5. The number of ether oxygens (including phenoxy) is 1. The van der Waals surface area contributed by atoms with E-state index in [-0.39, 0.29) is 10.2 Å². The van der Waals surface area contributed by atoms with Gasteiger partial charge in [-0.3, -0.25) is 0 Å². The van der Waals surface area contributed by atoms with Crippen LogP contribution in [0.4, 0.5) is 21.0 Å². The number of rotatable bonds is 5. The summed E-state index contributed by atoms with van der Waals surface area (Å²) in [5.41, 5.74) is 0.831. The second-order valence-corrected chi connectivity index (χ2v) is 9.78. The van der Waals surface area contributed by atoms with Crippen LogP contribution < -0.4 is 10.6 Å². The third-order valence-electron chi connectivity index (χ3n) is 5.08. The average Bonchev–Trinajstić information content (AvgIpc) is 3.46. The number of pyridine rings is 1. The number of amides is 3. The monoisotopic (exact) mass is 546 g/mol. The molecule has 3 amide bonds. The molecule has 0 saturated heterocycles. The highest BCUT2D eigenvalue weighted by Crippen LogP contribution is 2.29. The van der Waals surface area contributed by atoms with Gasteiger partial charge in [-0.05, 0) is 33.8 Å². The Morgan fingerprint density at radius 1 is 1.08 bits per heavy atom. The zero-order chi connectivity index (χ0) is 26.9. The lowest BCUT2D eigenvalue weighted by atomic mass is 10.1. The zero-order valence-corrected chi connectivity index (χ0v) is 22.1. The number of anilines is 2. The van der Waals surface area contributed by atoms with Gasteiger partial charge in [-0.25, -0.2) is 24.1 Å². The van der Waals surface area contributed by atoms with Crippen molar-refractivity contribution in [3.8, 4) is 5.82 Å². The van der Waals surface area contributed by atoms with Crippen molar-refractivity contribution in [2.75, 3.05) is 17.7 Å². The van der Waals surface area contributed by atoms with Gasteiger partial charge in [0.25, 0.3) is 0 Å². The first kappa shape index (κ1) is 26.1. The van der Waals surface area contributed by atoms with E-state index in [9.17, 15) is 9.59 Å². The van der Waals surface area contributed by atoms with Gasteiger partial charge in [-0.15, -0.1) is 4.80 Å². The Morgan fingerprint density at radius 3 is 2.43 bits per heavy atom. The van der Waals surface area contributed by atoms with E-state index in [1.54, 1.807) is 40.8 Å². The van der Waals surface area contributed by atoms with Gasteiger partial charge in [0, 0.05) is 13.1 Å². The summed E-state index contributed by atoms with van der Waals surface area (Å²) in [5.74, 6) is 0.309. The molecule has 1 unspecified atom stereocenters. The highest BCUT2D eigenvalue weighted by molar-refractivity contribution is 6.32. The van der Waals surface area contributed by atoms with E-state index in [4.69, 9.17) is 27.9 Å². The molecule has 15 heteroatoms. The number of halogens is 2. The van der Waals surface area contributed by atoms with Crippen LogP contribution in [0.5, 0.6) is 0 Å². The molecule has 0 bridgehead atoms. The molecule has 0 aliphatic carbocycles. The molecule has 0 saturated carbocycles. The van der Waals surface area contributed by atoms with Gasteiger partial charge >= 0.3 is 12.1 Å². The lowest BCUT2D eigenvalue weighted by Crippen LogP contribution is -2.37. The smallest absolute Gasteiger partial charge is 0.410 e. The third kappa shape index (κ3) is 5.89. The van der Waals surface area contributed by atoms with E-state index in [1.165, 1.54) is 45.1 Å². The van der Waals surface area contributed by atoms with Gasteiger partial charge in [-0.2, -0.15) is 15.3 Å². The second kappa shape index (κ2) is 10.2. The predicted molar refractivity (Wildman–Crippen MR) is 137 cm³/mol. The van der Waals surface area contributed by atoms with Crippen molar-refractivity contribution in [3.05, 3.63) is 52.8 Å². The summed E-state index contributed by atoms with van der Waals surface area (Å²) in [5, 5.41) is 18.1. The summed E-state index contributed by atoms with van der Waals surface area (Å²) in [6.07, 6.45) is 5.31. The Kier molecular flexibility index (Phi) is 7.18. The van der Waals surface area contributed by atoms with Crippen LogP contribution >= 0.6 is 23.2 Å². The number of nitrogens with zero attached hydrogens (tertiary/aromatic N) is 8. The van der Waals surface area contributed by atoms with Crippen LogP contribution in [0, 0.1) is 0 Å². The first-order valence-corrected chi connectivity index (χ1v) is 11.8. The molecule has 0 spiro atoms. The summed E-state index contributed by atoms with van der Waals surface area (Å²) in [7, 11) is 1.59.